The summed E-state index contributed by atoms with van der Waals surface area (Å²) in [6, 6.07) is 8.65. The lowest BCUT2D eigenvalue weighted by Gasteiger charge is -2.24. The van der Waals surface area contributed by atoms with Crippen LogP contribution in [0.1, 0.15) is 115 Å². The Hall–Kier alpha value is -1.02. The molecule has 0 radical (unpaired) electrons. The van der Waals surface area contributed by atoms with Crippen LogP contribution in [0.5, 0.6) is 5.75 Å². The highest BCUT2D eigenvalue weighted by molar-refractivity contribution is 5.40. The van der Waals surface area contributed by atoms with Crippen LogP contribution in [0.15, 0.2) is 24.3 Å². The first kappa shape index (κ1) is 31.2. The summed E-state index contributed by atoms with van der Waals surface area (Å²) in [5.41, 5.74) is 2.72. The quantitative estimate of drug-likeness (QED) is 0.407. The highest BCUT2D eigenvalue weighted by Crippen LogP contribution is 2.67. The van der Waals surface area contributed by atoms with Crippen LogP contribution in [-0.2, 0) is 10.2 Å². The Morgan fingerprint density at radius 3 is 1.60 bits per heavy atom. The molecule has 2 atom stereocenters. The van der Waals surface area contributed by atoms with Crippen LogP contribution < -0.4 is 4.74 Å². The molecule has 2 nitrogen and oxygen atoms in total. The molecule has 2 heteroatoms. The first-order valence-corrected chi connectivity index (χ1v) is 12.2. The van der Waals surface area contributed by atoms with Gasteiger partial charge in [-0.05, 0) is 61.1 Å². The molecule has 178 valence electrons. The predicted octanol–water partition coefficient (Wildman–Crippen LogP) is 9.27. The molecular weight excluding hydrogens is 368 g/mol. The van der Waals surface area contributed by atoms with E-state index in [0.29, 0.717) is 22.9 Å². The minimum Gasteiger partial charge on any atom is -0.465 e. The van der Waals surface area contributed by atoms with Crippen LogP contribution in [-0.4, -0.2) is 12.9 Å². The third-order valence-corrected chi connectivity index (χ3v) is 4.78. The lowest BCUT2D eigenvalue weighted by Crippen LogP contribution is -2.18. The van der Waals surface area contributed by atoms with Gasteiger partial charge in [0.25, 0.3) is 0 Å². The van der Waals surface area contributed by atoms with Crippen molar-refractivity contribution < 1.29 is 9.47 Å². The third kappa shape index (κ3) is 11.4. The fourth-order valence-electron chi connectivity index (χ4n) is 3.68. The second-order valence-corrected chi connectivity index (χ2v) is 10.4. The van der Waals surface area contributed by atoms with E-state index < -0.39 is 0 Å². The van der Waals surface area contributed by atoms with E-state index in [1.165, 1.54) is 18.4 Å². The molecule has 1 aromatic rings. The molecular formula is C28H54O2. The average molecular weight is 423 g/mol. The molecule has 2 unspecified atom stereocenters. The third-order valence-electron chi connectivity index (χ3n) is 4.78. The summed E-state index contributed by atoms with van der Waals surface area (Å²) < 4.78 is 11.2. The van der Waals surface area contributed by atoms with Gasteiger partial charge in [0.2, 0.25) is 0 Å². The van der Waals surface area contributed by atoms with Gasteiger partial charge in [-0.25, -0.2) is 0 Å². The largest absolute Gasteiger partial charge is 0.465 e. The van der Waals surface area contributed by atoms with Gasteiger partial charge in [-0.2, -0.15) is 0 Å². The highest BCUT2D eigenvalue weighted by Gasteiger charge is 2.61. The first-order chi connectivity index (χ1) is 13.8. The Morgan fingerprint density at radius 1 is 0.900 bits per heavy atom. The van der Waals surface area contributed by atoms with Crippen LogP contribution in [0.4, 0.5) is 0 Å². The SMILES string of the molecule is CC.CC.CC(C)(C)C.CCOC(C)Oc1ccc(C2(CC(C)C)CC2(C)C)cc1. The average Bonchev–Trinajstić information content (AvgIpc) is 3.18. The fraction of sp³-hybridized carbons (Fsp3) is 0.786. The smallest absolute Gasteiger partial charge is 0.196 e. The van der Waals surface area contributed by atoms with E-state index in [1.807, 2.05) is 41.5 Å². The first-order valence-electron chi connectivity index (χ1n) is 12.2. The van der Waals surface area contributed by atoms with Crippen molar-refractivity contribution in [3.05, 3.63) is 29.8 Å². The van der Waals surface area contributed by atoms with Crippen molar-refractivity contribution in [2.24, 2.45) is 16.7 Å². The molecule has 1 aromatic carbocycles. The van der Waals surface area contributed by atoms with Crippen molar-refractivity contribution in [1.82, 2.24) is 0 Å². The van der Waals surface area contributed by atoms with Crippen LogP contribution in [0.25, 0.3) is 0 Å². The Bertz CT molecular complexity index is 531. The van der Waals surface area contributed by atoms with Gasteiger partial charge in [-0.1, -0.05) is 95.2 Å². The maximum Gasteiger partial charge on any atom is 0.196 e. The molecule has 1 aliphatic carbocycles. The zero-order valence-corrected chi connectivity index (χ0v) is 22.9. The van der Waals surface area contributed by atoms with Gasteiger partial charge in [-0.15, -0.1) is 0 Å². The van der Waals surface area contributed by atoms with Gasteiger partial charge >= 0.3 is 0 Å². The van der Waals surface area contributed by atoms with Gasteiger partial charge in [0.15, 0.2) is 6.29 Å². The summed E-state index contributed by atoms with van der Waals surface area (Å²) in [4.78, 5) is 0. The summed E-state index contributed by atoms with van der Waals surface area (Å²) in [5.74, 6) is 1.61. The molecule has 1 aliphatic rings. The van der Waals surface area contributed by atoms with Crippen LogP contribution in [0, 0.1) is 16.7 Å². The Balaban J connectivity index is 0. The van der Waals surface area contributed by atoms with Crippen molar-refractivity contribution in [2.45, 2.75) is 121 Å². The normalized spacial score (nSPS) is 19.8. The van der Waals surface area contributed by atoms with E-state index in [0.717, 1.165) is 11.7 Å². The van der Waals surface area contributed by atoms with Crippen molar-refractivity contribution >= 4 is 0 Å². The molecule has 0 saturated heterocycles. The number of hydrogen-bond acceptors (Lipinski definition) is 2. The zero-order chi connectivity index (χ0) is 24.2. The fourth-order valence-corrected chi connectivity index (χ4v) is 3.68. The minimum atomic E-state index is -0.192. The molecule has 1 fully saturated rings. The minimum absolute atomic E-state index is 0.192. The number of ether oxygens (including phenoxy) is 2. The molecule has 0 amide bonds. The lowest BCUT2D eigenvalue weighted by molar-refractivity contribution is -0.0613. The molecule has 2 rings (SSSR count). The molecule has 1 saturated carbocycles. The second-order valence-electron chi connectivity index (χ2n) is 10.4. The van der Waals surface area contributed by atoms with Crippen molar-refractivity contribution in [2.75, 3.05) is 6.61 Å². The van der Waals surface area contributed by atoms with E-state index in [1.54, 1.807) is 0 Å². The number of hydrogen-bond donors (Lipinski definition) is 0. The topological polar surface area (TPSA) is 18.5 Å². The molecule has 0 aliphatic heterocycles. The second kappa shape index (κ2) is 14.1. The van der Waals surface area contributed by atoms with E-state index in [2.05, 4.69) is 79.7 Å². The molecule has 0 bridgehead atoms. The van der Waals surface area contributed by atoms with Gasteiger partial charge in [0, 0.05) is 12.0 Å². The van der Waals surface area contributed by atoms with Gasteiger partial charge < -0.3 is 9.47 Å². The lowest BCUT2D eigenvalue weighted by atomic mass is 9.81. The van der Waals surface area contributed by atoms with Crippen molar-refractivity contribution in [3.63, 3.8) is 0 Å². The Labute approximate surface area is 190 Å². The molecule has 0 N–H and O–H groups in total. The van der Waals surface area contributed by atoms with Crippen LogP contribution >= 0.6 is 0 Å². The summed E-state index contributed by atoms with van der Waals surface area (Å²) in [7, 11) is 0. The van der Waals surface area contributed by atoms with Crippen molar-refractivity contribution in [3.8, 4) is 5.75 Å². The van der Waals surface area contributed by atoms with E-state index >= 15 is 0 Å². The van der Waals surface area contributed by atoms with E-state index in [9.17, 15) is 0 Å². The Morgan fingerprint density at radius 2 is 1.30 bits per heavy atom. The van der Waals surface area contributed by atoms with Crippen LogP contribution in [0.2, 0.25) is 0 Å². The van der Waals surface area contributed by atoms with E-state index in [-0.39, 0.29) is 6.29 Å². The van der Waals surface area contributed by atoms with Gasteiger partial charge in [0.05, 0.1) is 0 Å². The molecule has 30 heavy (non-hydrogen) atoms. The van der Waals surface area contributed by atoms with E-state index in [4.69, 9.17) is 9.47 Å². The zero-order valence-electron chi connectivity index (χ0n) is 22.9. The van der Waals surface area contributed by atoms with Crippen LogP contribution in [0.3, 0.4) is 0 Å². The van der Waals surface area contributed by atoms with Crippen molar-refractivity contribution in [1.29, 1.82) is 0 Å². The Kier molecular flexibility index (Phi) is 14.7. The number of rotatable bonds is 7. The molecule has 0 heterocycles. The highest BCUT2D eigenvalue weighted by atomic mass is 16.7. The molecule has 0 spiro atoms. The predicted molar refractivity (Wildman–Crippen MR) is 136 cm³/mol. The maximum absolute atomic E-state index is 5.75. The van der Waals surface area contributed by atoms with Gasteiger partial charge in [-0.3, -0.25) is 0 Å². The summed E-state index contributed by atoms with van der Waals surface area (Å²) >= 11 is 0. The summed E-state index contributed by atoms with van der Waals surface area (Å²) in [6.07, 6.45) is 2.35. The summed E-state index contributed by atoms with van der Waals surface area (Å²) in [5, 5.41) is 0. The molecule has 0 aromatic heterocycles. The van der Waals surface area contributed by atoms with Gasteiger partial charge in [0.1, 0.15) is 5.75 Å². The summed E-state index contributed by atoms with van der Waals surface area (Å²) in [6.45, 7) is 30.7. The standard InChI is InChI=1S/C19H30O2.C5H12.2C2H6/c1-7-20-15(4)21-17-10-8-16(9-11-17)19(12-14(2)3)13-18(19,5)6;1-5(2,3)4;2*1-2/h8-11,14-15H,7,12-13H2,1-6H3;1-4H3;2*1-2H3. The number of benzene rings is 1. The maximum atomic E-state index is 5.75. The monoisotopic (exact) mass is 422 g/mol.